The van der Waals surface area contributed by atoms with Gasteiger partial charge in [0.15, 0.2) is 0 Å². The fraction of sp³-hybridized carbons (Fsp3) is 0.467. The van der Waals surface area contributed by atoms with Crippen LogP contribution in [0.3, 0.4) is 0 Å². The van der Waals surface area contributed by atoms with Crippen LogP contribution < -0.4 is 10.1 Å². The predicted octanol–water partition coefficient (Wildman–Crippen LogP) is 3.52. The van der Waals surface area contributed by atoms with Crippen LogP contribution in [0.25, 0.3) is 0 Å². The van der Waals surface area contributed by atoms with Crippen LogP contribution in [0.4, 0.5) is 5.69 Å². The Morgan fingerprint density at radius 1 is 1.24 bits per heavy atom. The number of ether oxygens (including phenoxy) is 2. The van der Waals surface area contributed by atoms with Gasteiger partial charge in [-0.15, -0.1) is 0 Å². The maximum Gasteiger partial charge on any atom is 0.306 e. The third kappa shape index (κ3) is 6.62. The molecule has 1 rings (SSSR count). The van der Waals surface area contributed by atoms with E-state index in [0.717, 1.165) is 4.47 Å². The number of benzene rings is 1. The molecule has 0 saturated heterocycles. The molecule has 1 aromatic carbocycles. The molecular formula is C15H20BrNO4. The third-order valence-corrected chi connectivity index (χ3v) is 3.07. The highest BCUT2D eigenvalue weighted by atomic mass is 79.9. The van der Waals surface area contributed by atoms with Crippen molar-refractivity contribution >= 4 is 33.5 Å². The standard InChI is InChI=1S/C15H20BrNO4/c1-15(2,3)21-14(19)8-7-13(18)17-10-5-6-11(16)12(9-10)20-4/h5-6,9H,7-8H2,1-4H3,(H,17,18). The molecule has 6 heteroatoms. The number of rotatable bonds is 5. The van der Waals surface area contributed by atoms with Crippen LogP contribution in [-0.4, -0.2) is 24.6 Å². The zero-order valence-electron chi connectivity index (χ0n) is 12.7. The van der Waals surface area contributed by atoms with Crippen LogP contribution in [0.5, 0.6) is 5.75 Å². The van der Waals surface area contributed by atoms with Gasteiger partial charge in [0.05, 0.1) is 18.0 Å². The topological polar surface area (TPSA) is 64.6 Å². The summed E-state index contributed by atoms with van der Waals surface area (Å²) in [4.78, 5) is 23.3. The Labute approximate surface area is 133 Å². The molecule has 0 aliphatic rings. The summed E-state index contributed by atoms with van der Waals surface area (Å²) in [5, 5.41) is 2.71. The zero-order valence-corrected chi connectivity index (χ0v) is 14.2. The maximum absolute atomic E-state index is 11.8. The van der Waals surface area contributed by atoms with Gasteiger partial charge in [0, 0.05) is 18.2 Å². The first-order valence-corrected chi connectivity index (χ1v) is 7.36. The van der Waals surface area contributed by atoms with Crippen LogP contribution >= 0.6 is 15.9 Å². The summed E-state index contributed by atoms with van der Waals surface area (Å²) in [6.07, 6.45) is 0.129. The molecule has 21 heavy (non-hydrogen) atoms. The first-order valence-electron chi connectivity index (χ1n) is 6.56. The van der Waals surface area contributed by atoms with Crippen LogP contribution in [0.2, 0.25) is 0 Å². The molecule has 0 aliphatic heterocycles. The number of esters is 1. The highest BCUT2D eigenvalue weighted by Crippen LogP contribution is 2.27. The summed E-state index contributed by atoms with van der Waals surface area (Å²) >= 11 is 3.34. The van der Waals surface area contributed by atoms with Crippen LogP contribution in [0.1, 0.15) is 33.6 Å². The smallest absolute Gasteiger partial charge is 0.306 e. The Bertz CT molecular complexity index is 523. The Kier molecular flexibility index (Phi) is 6.20. The number of amides is 1. The lowest BCUT2D eigenvalue weighted by Crippen LogP contribution is -2.24. The minimum absolute atomic E-state index is 0.0523. The number of carbonyl (C=O) groups excluding carboxylic acids is 2. The molecule has 0 saturated carbocycles. The van der Waals surface area contributed by atoms with Crippen molar-refractivity contribution in [2.75, 3.05) is 12.4 Å². The average molecular weight is 358 g/mol. The van der Waals surface area contributed by atoms with E-state index in [0.29, 0.717) is 11.4 Å². The predicted molar refractivity (Wildman–Crippen MR) is 84.4 cm³/mol. The summed E-state index contributed by atoms with van der Waals surface area (Å²) in [7, 11) is 1.55. The first kappa shape index (κ1) is 17.5. The van der Waals surface area contributed by atoms with E-state index in [1.807, 2.05) is 0 Å². The van der Waals surface area contributed by atoms with Crippen molar-refractivity contribution in [2.24, 2.45) is 0 Å². The van der Waals surface area contributed by atoms with E-state index >= 15 is 0 Å². The molecular weight excluding hydrogens is 338 g/mol. The van der Waals surface area contributed by atoms with E-state index in [1.54, 1.807) is 46.1 Å². The highest BCUT2D eigenvalue weighted by Gasteiger charge is 2.17. The molecule has 0 radical (unpaired) electrons. The van der Waals surface area contributed by atoms with E-state index in [-0.39, 0.29) is 24.7 Å². The number of hydrogen-bond acceptors (Lipinski definition) is 4. The van der Waals surface area contributed by atoms with E-state index < -0.39 is 5.60 Å². The number of carbonyl (C=O) groups is 2. The van der Waals surface area contributed by atoms with Crippen molar-refractivity contribution in [1.29, 1.82) is 0 Å². The molecule has 1 aromatic rings. The SMILES string of the molecule is COc1cc(NC(=O)CCC(=O)OC(C)(C)C)ccc1Br. The lowest BCUT2D eigenvalue weighted by molar-refractivity contribution is -0.155. The fourth-order valence-corrected chi connectivity index (χ4v) is 1.98. The van der Waals surface area contributed by atoms with Gasteiger partial charge in [0.2, 0.25) is 5.91 Å². The third-order valence-electron chi connectivity index (χ3n) is 2.41. The van der Waals surface area contributed by atoms with Crippen molar-refractivity contribution in [3.05, 3.63) is 22.7 Å². The van der Waals surface area contributed by atoms with Gasteiger partial charge in [0.1, 0.15) is 11.4 Å². The first-order chi connectivity index (χ1) is 9.71. The Balaban J connectivity index is 2.49. The molecule has 0 atom stereocenters. The minimum Gasteiger partial charge on any atom is -0.495 e. The second-order valence-electron chi connectivity index (χ2n) is 5.48. The number of halogens is 1. The molecule has 1 N–H and O–H groups in total. The van der Waals surface area contributed by atoms with Gasteiger partial charge in [-0.05, 0) is 48.8 Å². The largest absolute Gasteiger partial charge is 0.495 e. The van der Waals surface area contributed by atoms with E-state index in [1.165, 1.54) is 0 Å². The minimum atomic E-state index is -0.535. The highest BCUT2D eigenvalue weighted by molar-refractivity contribution is 9.10. The van der Waals surface area contributed by atoms with E-state index in [4.69, 9.17) is 9.47 Å². The van der Waals surface area contributed by atoms with Crippen molar-refractivity contribution < 1.29 is 19.1 Å². The van der Waals surface area contributed by atoms with Gasteiger partial charge in [0.25, 0.3) is 0 Å². The molecule has 0 unspecified atom stereocenters. The van der Waals surface area contributed by atoms with Crippen LogP contribution in [-0.2, 0) is 14.3 Å². The zero-order chi connectivity index (χ0) is 16.0. The second kappa shape index (κ2) is 7.45. The number of methoxy groups -OCH3 is 1. The lowest BCUT2D eigenvalue weighted by atomic mass is 10.2. The molecule has 116 valence electrons. The van der Waals surface area contributed by atoms with Crippen molar-refractivity contribution in [3.63, 3.8) is 0 Å². The number of nitrogens with one attached hydrogen (secondary N) is 1. The van der Waals surface area contributed by atoms with Gasteiger partial charge in [-0.1, -0.05) is 0 Å². The molecule has 0 heterocycles. The maximum atomic E-state index is 11.8. The summed E-state index contributed by atoms with van der Waals surface area (Å²) in [5.41, 5.74) is 0.0799. The Hall–Kier alpha value is -1.56. The van der Waals surface area contributed by atoms with Crippen molar-refractivity contribution in [1.82, 2.24) is 0 Å². The molecule has 5 nitrogen and oxygen atoms in total. The van der Waals surface area contributed by atoms with Crippen molar-refractivity contribution in [2.45, 2.75) is 39.2 Å². The molecule has 1 amide bonds. The van der Waals surface area contributed by atoms with Crippen LogP contribution in [0, 0.1) is 0 Å². The summed E-state index contributed by atoms with van der Waals surface area (Å²) in [5.74, 6) is -0.00351. The van der Waals surface area contributed by atoms with Gasteiger partial charge in [-0.2, -0.15) is 0 Å². The Morgan fingerprint density at radius 2 is 1.90 bits per heavy atom. The van der Waals surface area contributed by atoms with Crippen molar-refractivity contribution in [3.8, 4) is 5.75 Å². The molecule has 0 aliphatic carbocycles. The molecule has 0 bridgehead atoms. The fourth-order valence-electron chi connectivity index (χ4n) is 1.57. The number of hydrogen-bond donors (Lipinski definition) is 1. The summed E-state index contributed by atoms with van der Waals surface area (Å²) < 4.78 is 11.1. The Morgan fingerprint density at radius 3 is 2.48 bits per heavy atom. The van der Waals surface area contributed by atoms with Gasteiger partial charge in [-0.3, -0.25) is 9.59 Å². The number of anilines is 1. The second-order valence-corrected chi connectivity index (χ2v) is 6.34. The van der Waals surface area contributed by atoms with E-state index in [2.05, 4.69) is 21.2 Å². The van der Waals surface area contributed by atoms with Gasteiger partial charge < -0.3 is 14.8 Å². The molecule has 0 aromatic heterocycles. The van der Waals surface area contributed by atoms with Crippen LogP contribution in [0.15, 0.2) is 22.7 Å². The average Bonchev–Trinajstić information content (AvgIpc) is 2.36. The normalized spacial score (nSPS) is 10.9. The lowest BCUT2D eigenvalue weighted by Gasteiger charge is -2.19. The van der Waals surface area contributed by atoms with Gasteiger partial charge >= 0.3 is 5.97 Å². The summed E-state index contributed by atoms with van der Waals surface area (Å²) in [6.45, 7) is 5.37. The quantitative estimate of drug-likeness (QED) is 0.818. The molecule has 0 fully saturated rings. The van der Waals surface area contributed by atoms with Gasteiger partial charge in [-0.25, -0.2) is 0 Å². The monoisotopic (exact) mass is 357 g/mol. The molecule has 0 spiro atoms. The summed E-state index contributed by atoms with van der Waals surface area (Å²) in [6, 6.07) is 5.23. The van der Waals surface area contributed by atoms with E-state index in [9.17, 15) is 9.59 Å².